The first-order chi connectivity index (χ1) is 17.6. The van der Waals surface area contributed by atoms with E-state index in [-0.39, 0.29) is 17.4 Å². The van der Waals surface area contributed by atoms with Crippen LogP contribution in [0.15, 0.2) is 48.7 Å². The van der Waals surface area contributed by atoms with E-state index in [2.05, 4.69) is 11.2 Å². The van der Waals surface area contributed by atoms with Gasteiger partial charge in [0.15, 0.2) is 5.69 Å². The molecule has 1 amide bonds. The number of rotatable bonds is 7. The average Bonchev–Trinajstić information content (AvgIpc) is 3.50. The Bertz CT molecular complexity index is 1350. The highest BCUT2D eigenvalue weighted by atomic mass is 32.1. The number of thiophene rings is 1. The van der Waals surface area contributed by atoms with Crippen molar-refractivity contribution in [2.24, 2.45) is 0 Å². The normalized spacial score (nSPS) is 15.8. The summed E-state index contributed by atoms with van der Waals surface area (Å²) in [5.74, 6) is -0.544. The van der Waals surface area contributed by atoms with E-state index in [1.54, 1.807) is 48.2 Å². The first kappa shape index (κ1) is 26.6. The van der Waals surface area contributed by atoms with Crippen LogP contribution in [0.5, 0.6) is 0 Å². The van der Waals surface area contributed by atoms with Gasteiger partial charge in [0.05, 0.1) is 6.54 Å². The van der Waals surface area contributed by atoms with Crippen LogP contribution < -0.4 is 0 Å². The molecule has 0 saturated carbocycles. The SMILES string of the molecule is CCn1cc(-c2ccccc2C2CN(C(=O)/C=C/CCN(C)C)Cc3sc(C#N)cc32)c(C(F)(F)F)n1. The molecule has 0 N–H and O–H groups in total. The number of nitrogens with zero attached hydrogens (tertiary/aromatic N) is 5. The van der Waals surface area contributed by atoms with Crippen molar-refractivity contribution >= 4 is 17.2 Å². The number of aryl methyl sites for hydroxylation is 1. The Balaban J connectivity index is 1.77. The van der Waals surface area contributed by atoms with E-state index in [1.165, 1.54) is 22.2 Å². The van der Waals surface area contributed by atoms with Gasteiger partial charge in [0.1, 0.15) is 10.9 Å². The second-order valence-electron chi connectivity index (χ2n) is 9.20. The summed E-state index contributed by atoms with van der Waals surface area (Å²) in [5.41, 5.74) is 1.05. The van der Waals surface area contributed by atoms with Crippen molar-refractivity contribution in [1.82, 2.24) is 19.6 Å². The van der Waals surface area contributed by atoms with Gasteiger partial charge in [-0.3, -0.25) is 9.48 Å². The van der Waals surface area contributed by atoms with Gasteiger partial charge < -0.3 is 9.80 Å². The van der Waals surface area contributed by atoms with Gasteiger partial charge in [0, 0.05) is 42.2 Å². The summed E-state index contributed by atoms with van der Waals surface area (Å²) in [5, 5.41) is 13.3. The Morgan fingerprint density at radius 3 is 2.70 bits per heavy atom. The first-order valence-electron chi connectivity index (χ1n) is 12.0. The second-order valence-corrected chi connectivity index (χ2v) is 10.3. The number of carbonyl (C=O) groups excluding carboxylic acids is 1. The number of amides is 1. The Morgan fingerprint density at radius 1 is 1.27 bits per heavy atom. The molecule has 37 heavy (non-hydrogen) atoms. The van der Waals surface area contributed by atoms with Crippen LogP contribution in [0.3, 0.4) is 0 Å². The molecule has 0 saturated heterocycles. The molecule has 2 aromatic heterocycles. The maximum Gasteiger partial charge on any atom is 0.435 e. The van der Waals surface area contributed by atoms with E-state index in [4.69, 9.17) is 0 Å². The van der Waals surface area contributed by atoms with Crippen LogP contribution in [0, 0.1) is 11.3 Å². The highest BCUT2D eigenvalue weighted by Crippen LogP contribution is 2.44. The lowest BCUT2D eigenvalue weighted by Gasteiger charge is -2.33. The zero-order valence-electron chi connectivity index (χ0n) is 20.9. The van der Waals surface area contributed by atoms with E-state index in [9.17, 15) is 23.2 Å². The van der Waals surface area contributed by atoms with Crippen LogP contribution >= 0.6 is 11.3 Å². The Kier molecular flexibility index (Phi) is 7.85. The number of halogens is 3. The minimum Gasteiger partial charge on any atom is -0.333 e. The van der Waals surface area contributed by atoms with Gasteiger partial charge in [-0.2, -0.15) is 23.5 Å². The van der Waals surface area contributed by atoms with Gasteiger partial charge in [-0.15, -0.1) is 11.3 Å². The van der Waals surface area contributed by atoms with Crippen molar-refractivity contribution < 1.29 is 18.0 Å². The maximum absolute atomic E-state index is 13.9. The standard InChI is InChI=1S/C27H28F3N5OS/c1-4-35-16-23(26(32-35)27(28,29)30)20-10-6-5-9-19(20)22-15-34(25(36)11-7-8-12-33(2)3)17-24-21(22)13-18(14-31)37-24/h5-7,9-11,13,16,22H,4,8,12,15,17H2,1-3H3/b11-7+. The van der Waals surface area contributed by atoms with E-state index >= 15 is 0 Å². The van der Waals surface area contributed by atoms with Crippen LogP contribution in [0.1, 0.15) is 45.8 Å². The number of fused-ring (bicyclic) bond motifs is 1. The summed E-state index contributed by atoms with van der Waals surface area (Å²) in [6.45, 7) is 3.51. The monoisotopic (exact) mass is 527 g/mol. The summed E-state index contributed by atoms with van der Waals surface area (Å²) in [6, 6.07) is 10.9. The van der Waals surface area contributed by atoms with Crippen molar-refractivity contribution in [3.05, 3.63) is 75.3 Å². The summed E-state index contributed by atoms with van der Waals surface area (Å²) < 4.78 is 43.1. The second kappa shape index (κ2) is 10.9. The minimum absolute atomic E-state index is 0.00858. The lowest BCUT2D eigenvalue weighted by molar-refractivity contribution is -0.141. The Hall–Kier alpha value is -3.42. The van der Waals surface area contributed by atoms with Gasteiger partial charge in [-0.25, -0.2) is 0 Å². The number of hydrogen-bond donors (Lipinski definition) is 0. The van der Waals surface area contributed by atoms with Crippen molar-refractivity contribution in [2.45, 2.75) is 38.5 Å². The van der Waals surface area contributed by atoms with Crippen molar-refractivity contribution in [3.8, 4) is 17.2 Å². The molecule has 194 valence electrons. The third-order valence-corrected chi connectivity index (χ3v) is 7.40. The van der Waals surface area contributed by atoms with Gasteiger partial charge in [-0.1, -0.05) is 30.3 Å². The zero-order valence-corrected chi connectivity index (χ0v) is 21.7. The molecule has 3 aromatic rings. The van der Waals surface area contributed by atoms with Gasteiger partial charge in [0.25, 0.3) is 0 Å². The maximum atomic E-state index is 13.9. The van der Waals surface area contributed by atoms with Crippen LogP contribution in [-0.2, 0) is 24.1 Å². The quantitative estimate of drug-likeness (QED) is 0.381. The fraction of sp³-hybridized carbons (Fsp3) is 0.370. The van der Waals surface area contributed by atoms with Gasteiger partial charge in [-0.05, 0) is 56.3 Å². The molecule has 0 spiro atoms. The summed E-state index contributed by atoms with van der Waals surface area (Å²) in [4.78, 5) is 18.2. The van der Waals surface area contributed by atoms with Crippen LogP contribution in [0.2, 0.25) is 0 Å². The Labute approximate surface area is 218 Å². The van der Waals surface area contributed by atoms with Crippen LogP contribution in [-0.4, -0.2) is 52.7 Å². The number of hydrogen-bond acceptors (Lipinski definition) is 5. The number of alkyl halides is 3. The lowest BCUT2D eigenvalue weighted by Crippen LogP contribution is -2.37. The number of benzene rings is 1. The van der Waals surface area contributed by atoms with Crippen LogP contribution in [0.25, 0.3) is 11.1 Å². The topological polar surface area (TPSA) is 65.2 Å². The molecule has 0 radical (unpaired) electrons. The molecule has 1 atom stereocenters. The third-order valence-electron chi connectivity index (χ3n) is 6.36. The van der Waals surface area contributed by atoms with Crippen molar-refractivity contribution in [2.75, 3.05) is 27.2 Å². The molecule has 0 aliphatic carbocycles. The molecule has 0 bridgehead atoms. The fourth-order valence-corrected chi connectivity index (χ4v) is 5.60. The predicted molar refractivity (Wildman–Crippen MR) is 137 cm³/mol. The van der Waals surface area contributed by atoms with Gasteiger partial charge >= 0.3 is 6.18 Å². The average molecular weight is 528 g/mol. The Morgan fingerprint density at radius 2 is 2.03 bits per heavy atom. The number of aromatic nitrogens is 2. The molecule has 1 aliphatic heterocycles. The van der Waals surface area contributed by atoms with E-state index in [0.29, 0.717) is 35.6 Å². The first-order valence-corrected chi connectivity index (χ1v) is 12.8. The van der Waals surface area contributed by atoms with E-state index in [0.717, 1.165) is 23.4 Å². The molecule has 6 nitrogen and oxygen atoms in total. The lowest BCUT2D eigenvalue weighted by atomic mass is 9.83. The molecule has 1 aliphatic rings. The van der Waals surface area contributed by atoms with E-state index < -0.39 is 11.9 Å². The smallest absolute Gasteiger partial charge is 0.333 e. The summed E-state index contributed by atoms with van der Waals surface area (Å²) >= 11 is 1.32. The highest BCUT2D eigenvalue weighted by molar-refractivity contribution is 7.12. The molecule has 3 heterocycles. The van der Waals surface area contributed by atoms with Crippen molar-refractivity contribution in [1.29, 1.82) is 5.26 Å². The number of carbonyl (C=O) groups is 1. The molecular formula is C27H28F3N5OS. The minimum atomic E-state index is -4.61. The fourth-order valence-electron chi connectivity index (χ4n) is 4.57. The molecule has 1 aromatic carbocycles. The predicted octanol–water partition coefficient (Wildman–Crippen LogP) is 5.50. The third kappa shape index (κ3) is 5.78. The van der Waals surface area contributed by atoms with Crippen LogP contribution in [0.4, 0.5) is 13.2 Å². The molecule has 1 unspecified atom stereocenters. The number of nitriles is 1. The summed E-state index contributed by atoms with van der Waals surface area (Å²) in [7, 11) is 3.92. The molecule has 0 fully saturated rings. The van der Waals surface area contributed by atoms with Gasteiger partial charge in [0.2, 0.25) is 5.91 Å². The highest BCUT2D eigenvalue weighted by Gasteiger charge is 2.39. The zero-order chi connectivity index (χ0) is 26.7. The van der Waals surface area contributed by atoms with Crippen molar-refractivity contribution in [3.63, 3.8) is 0 Å². The van der Waals surface area contributed by atoms with E-state index in [1.807, 2.05) is 25.1 Å². The largest absolute Gasteiger partial charge is 0.435 e. The molecule has 10 heteroatoms. The molecule has 4 rings (SSSR count). The summed E-state index contributed by atoms with van der Waals surface area (Å²) in [6.07, 6.45) is 0.934. The molecular weight excluding hydrogens is 499 g/mol.